The maximum Gasteiger partial charge on any atom is 0.277 e. The van der Waals surface area contributed by atoms with Crippen molar-refractivity contribution in [1.29, 1.82) is 0 Å². The molecule has 0 saturated carbocycles. The smallest absolute Gasteiger partial charge is 0.277 e. The molecule has 1 heterocycles. The summed E-state index contributed by atoms with van der Waals surface area (Å²) in [6.07, 6.45) is 0. The molecule has 6 nitrogen and oxygen atoms in total. The van der Waals surface area contributed by atoms with Crippen molar-refractivity contribution in [2.75, 3.05) is 5.73 Å². The lowest BCUT2D eigenvalue weighted by atomic mass is 10.1. The molecule has 2 aromatic rings. The molecule has 0 aliphatic rings. The van der Waals surface area contributed by atoms with E-state index < -0.39 is 5.91 Å². The zero-order chi connectivity index (χ0) is 13.1. The molecule has 0 fully saturated rings. The lowest BCUT2D eigenvalue weighted by Crippen LogP contribution is -2.27. The highest BCUT2D eigenvalue weighted by atomic mass is 79.9. The van der Waals surface area contributed by atoms with E-state index in [2.05, 4.69) is 36.2 Å². The van der Waals surface area contributed by atoms with Gasteiger partial charge in [-0.25, -0.2) is 4.63 Å². The number of aromatic nitrogens is 2. The zero-order valence-corrected chi connectivity index (χ0v) is 11.1. The van der Waals surface area contributed by atoms with E-state index in [0.717, 1.165) is 10.0 Å². The van der Waals surface area contributed by atoms with Gasteiger partial charge in [0.1, 0.15) is 0 Å². The van der Waals surface area contributed by atoms with E-state index in [-0.39, 0.29) is 17.6 Å². The maximum atomic E-state index is 11.9. The highest BCUT2D eigenvalue weighted by molar-refractivity contribution is 9.10. The molecule has 18 heavy (non-hydrogen) atoms. The van der Waals surface area contributed by atoms with Crippen LogP contribution in [0.25, 0.3) is 0 Å². The van der Waals surface area contributed by atoms with Gasteiger partial charge >= 0.3 is 0 Å². The highest BCUT2D eigenvalue weighted by Gasteiger charge is 2.19. The fourth-order valence-electron chi connectivity index (χ4n) is 1.52. The van der Waals surface area contributed by atoms with Crippen LogP contribution in [0.2, 0.25) is 0 Å². The minimum Gasteiger partial charge on any atom is -0.379 e. The molecule has 0 unspecified atom stereocenters. The van der Waals surface area contributed by atoms with Gasteiger partial charge in [-0.2, -0.15) is 0 Å². The van der Waals surface area contributed by atoms with Crippen LogP contribution in [-0.4, -0.2) is 16.2 Å². The molecule has 1 aromatic carbocycles. The van der Waals surface area contributed by atoms with Crippen LogP contribution >= 0.6 is 15.9 Å². The summed E-state index contributed by atoms with van der Waals surface area (Å²) in [5.41, 5.74) is 6.40. The number of nitrogen functional groups attached to an aromatic ring is 1. The number of hydrogen-bond donors (Lipinski definition) is 2. The Bertz CT molecular complexity index is 570. The summed E-state index contributed by atoms with van der Waals surface area (Å²) in [5, 5.41) is 9.58. The average Bonchev–Trinajstić information content (AvgIpc) is 2.76. The van der Waals surface area contributed by atoms with Crippen molar-refractivity contribution in [2.45, 2.75) is 13.0 Å². The van der Waals surface area contributed by atoms with E-state index >= 15 is 0 Å². The summed E-state index contributed by atoms with van der Waals surface area (Å²) >= 11 is 3.43. The van der Waals surface area contributed by atoms with Crippen LogP contribution in [0.3, 0.4) is 0 Å². The molecule has 3 N–H and O–H groups in total. The zero-order valence-electron chi connectivity index (χ0n) is 9.55. The third-order valence-electron chi connectivity index (χ3n) is 2.45. The molecule has 0 radical (unpaired) electrons. The van der Waals surface area contributed by atoms with Crippen molar-refractivity contribution in [3.8, 4) is 0 Å². The molecule has 0 spiro atoms. The second kappa shape index (κ2) is 5.18. The van der Waals surface area contributed by atoms with Crippen LogP contribution in [0.5, 0.6) is 0 Å². The summed E-state index contributed by atoms with van der Waals surface area (Å²) in [6, 6.07) is 7.43. The first-order chi connectivity index (χ1) is 8.59. The molecule has 0 aliphatic carbocycles. The number of carbonyl (C=O) groups is 1. The Labute approximate surface area is 112 Å². The molecule has 1 amide bonds. The van der Waals surface area contributed by atoms with Crippen molar-refractivity contribution >= 4 is 27.7 Å². The van der Waals surface area contributed by atoms with Gasteiger partial charge in [0, 0.05) is 4.47 Å². The molecular weight excluding hydrogens is 300 g/mol. The van der Waals surface area contributed by atoms with E-state index in [0.29, 0.717) is 0 Å². The number of amides is 1. The molecule has 0 saturated heterocycles. The first-order valence-electron chi connectivity index (χ1n) is 5.23. The van der Waals surface area contributed by atoms with E-state index in [1.54, 1.807) is 0 Å². The Kier molecular flexibility index (Phi) is 3.61. The molecule has 0 bridgehead atoms. The van der Waals surface area contributed by atoms with Gasteiger partial charge in [-0.1, -0.05) is 34.1 Å². The van der Waals surface area contributed by atoms with Gasteiger partial charge in [0.25, 0.3) is 5.91 Å². The van der Waals surface area contributed by atoms with Crippen LogP contribution in [0, 0.1) is 0 Å². The normalized spacial score (nSPS) is 12.1. The minimum atomic E-state index is -0.419. The quantitative estimate of drug-likeness (QED) is 0.903. The van der Waals surface area contributed by atoms with Crippen molar-refractivity contribution in [1.82, 2.24) is 15.6 Å². The predicted octanol–water partition coefficient (Wildman–Crippen LogP) is 1.91. The summed E-state index contributed by atoms with van der Waals surface area (Å²) in [7, 11) is 0. The summed E-state index contributed by atoms with van der Waals surface area (Å²) in [6.45, 7) is 1.86. The van der Waals surface area contributed by atoms with Crippen molar-refractivity contribution in [3.63, 3.8) is 0 Å². The number of benzene rings is 1. The Morgan fingerprint density at radius 2 is 2.17 bits per heavy atom. The van der Waals surface area contributed by atoms with E-state index in [1.165, 1.54) is 0 Å². The van der Waals surface area contributed by atoms with Gasteiger partial charge < -0.3 is 11.1 Å². The second-order valence-electron chi connectivity index (χ2n) is 3.71. The number of hydrogen-bond acceptors (Lipinski definition) is 5. The number of carbonyl (C=O) groups excluding carboxylic acids is 1. The van der Waals surface area contributed by atoms with Gasteiger partial charge in [0.05, 0.1) is 6.04 Å². The fraction of sp³-hybridized carbons (Fsp3) is 0.182. The summed E-state index contributed by atoms with van der Waals surface area (Å²) < 4.78 is 5.30. The van der Waals surface area contributed by atoms with Crippen molar-refractivity contribution < 1.29 is 9.42 Å². The third kappa shape index (κ3) is 2.51. The first-order valence-corrected chi connectivity index (χ1v) is 6.02. The highest BCUT2D eigenvalue weighted by Crippen LogP contribution is 2.23. The molecule has 2 rings (SSSR count). The number of nitrogens with one attached hydrogen (secondary N) is 1. The lowest BCUT2D eigenvalue weighted by Gasteiger charge is -2.14. The number of nitrogens with two attached hydrogens (primary N) is 1. The van der Waals surface area contributed by atoms with Crippen LogP contribution in [0.15, 0.2) is 33.4 Å². The minimum absolute atomic E-state index is 0.00564. The Hall–Kier alpha value is -1.89. The number of halogens is 1. The van der Waals surface area contributed by atoms with Gasteiger partial charge in [0.2, 0.25) is 11.5 Å². The van der Waals surface area contributed by atoms with E-state index in [1.807, 2.05) is 31.2 Å². The number of nitrogens with zero attached hydrogens (tertiary/aromatic N) is 2. The van der Waals surface area contributed by atoms with Crippen molar-refractivity contribution in [3.05, 3.63) is 40.0 Å². The Balaban J connectivity index is 2.13. The molecule has 1 atom stereocenters. The predicted molar refractivity (Wildman–Crippen MR) is 68.7 cm³/mol. The molecular formula is C11H11BrN4O2. The topological polar surface area (TPSA) is 94.0 Å². The van der Waals surface area contributed by atoms with Crippen LogP contribution in [0.4, 0.5) is 5.82 Å². The molecule has 1 aromatic heterocycles. The molecule has 0 aliphatic heterocycles. The Morgan fingerprint density at radius 3 is 2.78 bits per heavy atom. The maximum absolute atomic E-state index is 11.9. The van der Waals surface area contributed by atoms with Crippen molar-refractivity contribution in [2.24, 2.45) is 0 Å². The van der Waals surface area contributed by atoms with Crippen LogP contribution in [0.1, 0.15) is 29.0 Å². The van der Waals surface area contributed by atoms with Gasteiger partial charge in [-0.05, 0) is 28.9 Å². The van der Waals surface area contributed by atoms with Gasteiger partial charge in [-0.3, -0.25) is 4.79 Å². The number of anilines is 1. The van der Waals surface area contributed by atoms with Crippen LogP contribution in [-0.2, 0) is 0 Å². The summed E-state index contributed by atoms with van der Waals surface area (Å²) in [4.78, 5) is 11.9. The summed E-state index contributed by atoms with van der Waals surface area (Å²) in [5.74, 6) is -0.441. The monoisotopic (exact) mass is 310 g/mol. The second-order valence-corrected chi connectivity index (χ2v) is 4.57. The SMILES string of the molecule is C[C@@H](NC(=O)c1nonc1N)c1ccccc1Br. The van der Waals surface area contributed by atoms with E-state index in [9.17, 15) is 4.79 Å². The first kappa shape index (κ1) is 12.6. The van der Waals surface area contributed by atoms with E-state index in [4.69, 9.17) is 5.73 Å². The number of rotatable bonds is 3. The molecule has 7 heteroatoms. The fourth-order valence-corrected chi connectivity index (χ4v) is 2.15. The largest absolute Gasteiger partial charge is 0.379 e. The standard InChI is InChI=1S/C11H11BrN4O2/c1-6(7-4-2-3-5-8(7)12)14-11(17)9-10(13)16-18-15-9/h2-6H,1H3,(H2,13,16)(H,14,17)/t6-/m1/s1. The van der Waals surface area contributed by atoms with Crippen LogP contribution < -0.4 is 11.1 Å². The Morgan fingerprint density at radius 1 is 1.44 bits per heavy atom. The van der Waals surface area contributed by atoms with Gasteiger partial charge in [-0.15, -0.1) is 0 Å². The average molecular weight is 311 g/mol. The lowest BCUT2D eigenvalue weighted by molar-refractivity contribution is 0.0930. The third-order valence-corrected chi connectivity index (χ3v) is 3.17. The molecule has 94 valence electrons. The van der Waals surface area contributed by atoms with Gasteiger partial charge in [0.15, 0.2) is 0 Å².